The molecule has 0 aliphatic carbocycles. The molecule has 7 nitrogen and oxygen atoms in total. The maximum Gasteiger partial charge on any atom is 0.239 e. The summed E-state index contributed by atoms with van der Waals surface area (Å²) in [6.45, 7) is 6.58. The summed E-state index contributed by atoms with van der Waals surface area (Å²) in [5, 5.41) is 16.7. The zero-order valence-electron chi connectivity index (χ0n) is 13.2. The first-order valence-corrected chi connectivity index (χ1v) is 8.30. The van der Waals surface area contributed by atoms with Crippen LogP contribution in [0, 0.1) is 0 Å². The molecule has 1 aromatic carbocycles. The maximum atomic E-state index is 11.6. The lowest BCUT2D eigenvalue weighted by Crippen LogP contribution is -2.31. The summed E-state index contributed by atoms with van der Waals surface area (Å²) in [5.74, 6) is -0.886. The highest BCUT2D eigenvalue weighted by atomic mass is 32.2. The lowest BCUT2D eigenvalue weighted by Gasteiger charge is -2.08. The number of ether oxygens (including phenoxy) is 1. The summed E-state index contributed by atoms with van der Waals surface area (Å²) in [4.78, 5) is 22.2. The van der Waals surface area contributed by atoms with E-state index in [-0.39, 0.29) is 6.42 Å². The third-order valence-corrected chi connectivity index (χ3v) is 4.18. The Morgan fingerprint density at radius 2 is 2.17 bits per heavy atom. The summed E-state index contributed by atoms with van der Waals surface area (Å²) in [6, 6.07) is 7.37. The Morgan fingerprint density at radius 1 is 1.46 bits per heavy atom. The molecule has 1 aliphatic rings. The minimum absolute atomic E-state index is 0.301. The minimum atomic E-state index is -1.27. The Bertz CT molecular complexity index is 658. The van der Waals surface area contributed by atoms with Gasteiger partial charge in [-0.05, 0) is 36.2 Å². The van der Waals surface area contributed by atoms with Crippen LogP contribution in [0.3, 0.4) is 0 Å². The predicted molar refractivity (Wildman–Crippen MR) is 91.0 cm³/mol. The van der Waals surface area contributed by atoms with Gasteiger partial charge in [-0.1, -0.05) is 25.3 Å². The Kier molecular flexibility index (Phi) is 6.25. The van der Waals surface area contributed by atoms with Crippen LogP contribution in [-0.2, 0) is 9.59 Å². The van der Waals surface area contributed by atoms with Crippen molar-refractivity contribution in [2.24, 2.45) is 5.10 Å². The summed E-state index contributed by atoms with van der Waals surface area (Å²) >= 11 is 1.04. The van der Waals surface area contributed by atoms with E-state index in [0.717, 1.165) is 29.5 Å². The molecule has 1 heterocycles. The minimum Gasteiger partial charge on any atom is -0.550 e. The first-order chi connectivity index (χ1) is 11.5. The Hall–Kier alpha value is -2.48. The standard InChI is InChI=1S/C16H19N3O4S/c1-3-8-23-12-6-4-11(5-7-12)10(2)18-19-16-17-15(22)13(24-16)9-14(20)21/h4-7,13,18H,2-3,8-9H2,1H3,(H,20,21)(H,17,19,22)/p-1/t13-/m0/s1. The Labute approximate surface area is 144 Å². The molecule has 0 spiro atoms. The van der Waals surface area contributed by atoms with Gasteiger partial charge < -0.3 is 20.0 Å². The lowest BCUT2D eigenvalue weighted by atomic mass is 10.2. The van der Waals surface area contributed by atoms with Gasteiger partial charge in [-0.25, -0.2) is 0 Å². The summed E-state index contributed by atoms with van der Waals surface area (Å²) in [5.41, 5.74) is 4.12. The number of aliphatic carboxylic acids is 1. The largest absolute Gasteiger partial charge is 0.550 e. The molecule has 1 atom stereocenters. The first kappa shape index (κ1) is 17.9. The van der Waals surface area contributed by atoms with Crippen molar-refractivity contribution in [2.45, 2.75) is 25.0 Å². The van der Waals surface area contributed by atoms with Crippen molar-refractivity contribution < 1.29 is 19.4 Å². The van der Waals surface area contributed by atoms with Crippen molar-refractivity contribution in [3.05, 3.63) is 36.4 Å². The lowest BCUT2D eigenvalue weighted by molar-refractivity contribution is -0.305. The normalized spacial score (nSPS) is 18.3. The van der Waals surface area contributed by atoms with Crippen molar-refractivity contribution in [3.8, 4) is 5.75 Å². The van der Waals surface area contributed by atoms with Crippen LogP contribution in [0.5, 0.6) is 5.75 Å². The predicted octanol–water partition coefficient (Wildman–Crippen LogP) is 0.678. The molecule has 128 valence electrons. The number of benzene rings is 1. The van der Waals surface area contributed by atoms with E-state index < -0.39 is 17.1 Å². The van der Waals surface area contributed by atoms with Crippen molar-refractivity contribution in [3.63, 3.8) is 0 Å². The van der Waals surface area contributed by atoms with Crippen molar-refractivity contribution in [2.75, 3.05) is 6.61 Å². The van der Waals surface area contributed by atoms with Gasteiger partial charge in [0.15, 0.2) is 5.17 Å². The molecule has 0 radical (unpaired) electrons. The fourth-order valence-electron chi connectivity index (χ4n) is 1.90. The first-order valence-electron chi connectivity index (χ1n) is 7.42. The van der Waals surface area contributed by atoms with Gasteiger partial charge in [0.2, 0.25) is 5.91 Å². The molecule has 24 heavy (non-hydrogen) atoms. The second-order valence-corrected chi connectivity index (χ2v) is 6.24. The Balaban J connectivity index is 1.90. The molecule has 0 bridgehead atoms. The topological polar surface area (TPSA) is 103 Å². The van der Waals surface area contributed by atoms with Gasteiger partial charge in [0.25, 0.3) is 0 Å². The molecule has 8 heteroatoms. The molecular formula is C16H18N3O4S-. The van der Waals surface area contributed by atoms with Gasteiger partial charge in [0, 0.05) is 12.4 Å². The van der Waals surface area contributed by atoms with Crippen molar-refractivity contribution >= 4 is 34.5 Å². The Morgan fingerprint density at radius 3 is 2.79 bits per heavy atom. The molecule has 0 unspecified atom stereocenters. The maximum absolute atomic E-state index is 11.6. The molecule has 2 N–H and O–H groups in total. The molecule has 1 aromatic rings. The number of hydrazone groups is 1. The van der Waals surface area contributed by atoms with Crippen LogP contribution >= 0.6 is 11.8 Å². The van der Waals surface area contributed by atoms with E-state index in [9.17, 15) is 14.7 Å². The van der Waals surface area contributed by atoms with Crippen LogP contribution in [0.25, 0.3) is 5.70 Å². The summed E-state index contributed by atoms with van der Waals surface area (Å²) in [7, 11) is 0. The zero-order chi connectivity index (χ0) is 17.5. The number of hydrogen-bond acceptors (Lipinski definition) is 7. The van der Waals surface area contributed by atoms with Gasteiger partial charge in [-0.2, -0.15) is 0 Å². The summed E-state index contributed by atoms with van der Waals surface area (Å²) in [6.07, 6.45) is 0.589. The van der Waals surface area contributed by atoms with Crippen molar-refractivity contribution in [1.29, 1.82) is 0 Å². The molecule has 1 amide bonds. The molecule has 1 aliphatic heterocycles. The number of amides is 1. The third kappa shape index (κ3) is 5.02. The van der Waals surface area contributed by atoms with Crippen molar-refractivity contribution in [1.82, 2.24) is 10.7 Å². The second-order valence-electron chi connectivity index (χ2n) is 5.05. The number of carbonyl (C=O) groups is 2. The van der Waals surface area contributed by atoms with Crippen LogP contribution in [0.2, 0.25) is 0 Å². The van der Waals surface area contributed by atoms with E-state index in [1.807, 2.05) is 31.2 Å². The third-order valence-electron chi connectivity index (χ3n) is 3.10. The van der Waals surface area contributed by atoms with Gasteiger partial charge in [0.05, 0.1) is 17.6 Å². The van der Waals surface area contributed by atoms with E-state index in [1.165, 1.54) is 0 Å². The number of nitrogens with one attached hydrogen (secondary N) is 2. The second kappa shape index (κ2) is 8.39. The zero-order valence-corrected chi connectivity index (χ0v) is 14.0. The SMILES string of the molecule is C=C(N/N=C1\NC(=O)[C@H](CC(=O)[O-])S1)c1ccc(OCCC)cc1. The van der Waals surface area contributed by atoms with Gasteiger partial charge in [-0.3, -0.25) is 10.2 Å². The number of rotatable bonds is 8. The van der Waals surface area contributed by atoms with Crippen LogP contribution < -0.4 is 20.6 Å². The average Bonchev–Trinajstić information content (AvgIpc) is 2.90. The monoisotopic (exact) mass is 348 g/mol. The average molecular weight is 348 g/mol. The number of hydrogen-bond donors (Lipinski definition) is 2. The van der Waals surface area contributed by atoms with E-state index >= 15 is 0 Å². The van der Waals surface area contributed by atoms with Crippen LogP contribution in [0.4, 0.5) is 0 Å². The fraction of sp³-hybridized carbons (Fsp3) is 0.312. The smallest absolute Gasteiger partial charge is 0.239 e. The highest BCUT2D eigenvalue weighted by molar-refractivity contribution is 8.15. The number of thioether (sulfide) groups is 1. The number of nitrogens with zero attached hydrogens (tertiary/aromatic N) is 1. The molecule has 0 saturated carbocycles. The van der Waals surface area contributed by atoms with E-state index in [0.29, 0.717) is 17.5 Å². The van der Waals surface area contributed by atoms with E-state index in [2.05, 4.69) is 22.4 Å². The fourth-order valence-corrected chi connectivity index (χ4v) is 2.81. The van der Waals surface area contributed by atoms with Gasteiger partial charge in [-0.15, -0.1) is 5.10 Å². The number of carboxylic acids is 1. The highest BCUT2D eigenvalue weighted by Gasteiger charge is 2.30. The van der Waals surface area contributed by atoms with Crippen LogP contribution in [0.15, 0.2) is 35.9 Å². The van der Waals surface area contributed by atoms with Gasteiger partial charge >= 0.3 is 0 Å². The molecular weight excluding hydrogens is 330 g/mol. The van der Waals surface area contributed by atoms with Gasteiger partial charge in [0.1, 0.15) is 5.75 Å². The molecule has 1 saturated heterocycles. The number of carbonyl (C=O) groups excluding carboxylic acids is 2. The number of amidine groups is 1. The quantitative estimate of drug-likeness (QED) is 0.670. The molecule has 0 aromatic heterocycles. The van der Waals surface area contributed by atoms with Crippen LogP contribution in [0.1, 0.15) is 25.3 Å². The van der Waals surface area contributed by atoms with E-state index in [1.54, 1.807) is 0 Å². The molecule has 1 fully saturated rings. The van der Waals surface area contributed by atoms with Crippen LogP contribution in [-0.4, -0.2) is 28.9 Å². The highest BCUT2D eigenvalue weighted by Crippen LogP contribution is 2.22. The summed E-state index contributed by atoms with van der Waals surface area (Å²) < 4.78 is 5.50. The number of carboxylic acid groups (broad SMARTS) is 1. The van der Waals surface area contributed by atoms with E-state index in [4.69, 9.17) is 4.74 Å². The molecule has 2 rings (SSSR count).